The Morgan fingerprint density at radius 1 is 1.23 bits per heavy atom. The van der Waals surface area contributed by atoms with E-state index in [1.54, 1.807) is 12.3 Å². The fourth-order valence-electron chi connectivity index (χ4n) is 3.38. The summed E-state index contributed by atoms with van der Waals surface area (Å²) in [4.78, 5) is 20.5. The van der Waals surface area contributed by atoms with E-state index in [0.29, 0.717) is 12.4 Å². The van der Waals surface area contributed by atoms with Crippen molar-refractivity contribution in [1.82, 2.24) is 9.88 Å². The largest absolute Gasteiger partial charge is 0.310 e. The van der Waals surface area contributed by atoms with E-state index in [2.05, 4.69) is 66.8 Å². The Hall–Kier alpha value is -2.02. The lowest BCUT2D eigenvalue weighted by Crippen LogP contribution is -2.40. The second-order valence-electron chi connectivity index (χ2n) is 6.24. The molecule has 4 nitrogen and oxygen atoms in total. The zero-order valence-electron chi connectivity index (χ0n) is 14.1. The summed E-state index contributed by atoms with van der Waals surface area (Å²) < 4.78 is 0.889. The Morgan fingerprint density at radius 3 is 2.85 bits per heavy atom. The number of amides is 1. The number of hydrogen-bond acceptors (Lipinski definition) is 4. The van der Waals surface area contributed by atoms with Crippen LogP contribution in [-0.2, 0) is 11.2 Å². The standard InChI is InChI=1S/C20H18BrN3OS/c21-15-6-7-18(22-12-15)23-19(25)13-24-10-8-17-16(9-11-26-17)20(24)14-4-2-1-3-5-14/h1-7,9,11-12,20H,8,10,13H2,(H,22,23,25). The lowest BCUT2D eigenvalue weighted by molar-refractivity contribution is -0.117. The molecule has 1 aliphatic rings. The number of benzene rings is 1. The molecule has 1 aliphatic heterocycles. The summed E-state index contributed by atoms with van der Waals surface area (Å²) in [5.41, 5.74) is 2.54. The van der Waals surface area contributed by atoms with Crippen molar-refractivity contribution in [1.29, 1.82) is 0 Å². The predicted octanol–water partition coefficient (Wildman–Crippen LogP) is 4.49. The van der Waals surface area contributed by atoms with E-state index < -0.39 is 0 Å². The molecule has 2 aromatic heterocycles. The number of carbonyl (C=O) groups is 1. The zero-order chi connectivity index (χ0) is 17.9. The summed E-state index contributed by atoms with van der Waals surface area (Å²) in [5, 5.41) is 5.05. The fraction of sp³-hybridized carbons (Fsp3) is 0.200. The molecule has 1 amide bonds. The lowest BCUT2D eigenvalue weighted by Gasteiger charge is -2.35. The number of fused-ring (bicyclic) bond motifs is 1. The maximum atomic E-state index is 12.6. The fourth-order valence-corrected chi connectivity index (χ4v) is 4.52. The van der Waals surface area contributed by atoms with Gasteiger partial charge >= 0.3 is 0 Å². The highest BCUT2D eigenvalue weighted by Crippen LogP contribution is 2.37. The minimum Gasteiger partial charge on any atom is -0.310 e. The van der Waals surface area contributed by atoms with Crippen LogP contribution in [0.25, 0.3) is 0 Å². The van der Waals surface area contributed by atoms with E-state index in [-0.39, 0.29) is 11.9 Å². The van der Waals surface area contributed by atoms with Crippen molar-refractivity contribution in [3.63, 3.8) is 0 Å². The van der Waals surface area contributed by atoms with Gasteiger partial charge in [-0.25, -0.2) is 4.98 Å². The van der Waals surface area contributed by atoms with Gasteiger partial charge in [-0.15, -0.1) is 11.3 Å². The highest BCUT2D eigenvalue weighted by molar-refractivity contribution is 9.10. The summed E-state index contributed by atoms with van der Waals surface area (Å²) in [6.07, 6.45) is 2.67. The van der Waals surface area contributed by atoms with Gasteiger partial charge < -0.3 is 5.32 Å². The van der Waals surface area contributed by atoms with Crippen molar-refractivity contribution < 1.29 is 4.79 Å². The maximum Gasteiger partial charge on any atom is 0.239 e. The summed E-state index contributed by atoms with van der Waals surface area (Å²) in [7, 11) is 0. The first kappa shape index (κ1) is 17.4. The number of pyridine rings is 1. The molecule has 0 radical (unpaired) electrons. The Morgan fingerprint density at radius 2 is 2.08 bits per heavy atom. The van der Waals surface area contributed by atoms with Crippen molar-refractivity contribution in [2.75, 3.05) is 18.4 Å². The first-order valence-electron chi connectivity index (χ1n) is 8.47. The smallest absolute Gasteiger partial charge is 0.239 e. The van der Waals surface area contributed by atoms with Gasteiger partial charge in [0.2, 0.25) is 5.91 Å². The lowest BCUT2D eigenvalue weighted by atomic mass is 9.93. The molecule has 26 heavy (non-hydrogen) atoms. The number of nitrogens with one attached hydrogen (secondary N) is 1. The van der Waals surface area contributed by atoms with Crippen LogP contribution in [-0.4, -0.2) is 28.9 Å². The highest BCUT2D eigenvalue weighted by Gasteiger charge is 2.30. The molecule has 1 N–H and O–H groups in total. The summed E-state index contributed by atoms with van der Waals surface area (Å²) in [5.74, 6) is 0.530. The van der Waals surface area contributed by atoms with Gasteiger partial charge in [0, 0.05) is 22.1 Å². The Bertz CT molecular complexity index is 895. The van der Waals surface area contributed by atoms with Crippen LogP contribution in [0, 0.1) is 0 Å². The van der Waals surface area contributed by atoms with E-state index in [4.69, 9.17) is 0 Å². The molecule has 132 valence electrons. The van der Waals surface area contributed by atoms with Crippen LogP contribution in [0.5, 0.6) is 0 Å². The van der Waals surface area contributed by atoms with Gasteiger partial charge in [-0.05, 0) is 57.1 Å². The van der Waals surface area contributed by atoms with Crippen molar-refractivity contribution in [2.45, 2.75) is 12.5 Å². The second kappa shape index (κ2) is 7.70. The number of anilines is 1. The molecule has 1 aromatic carbocycles. The molecule has 0 bridgehead atoms. The monoisotopic (exact) mass is 427 g/mol. The van der Waals surface area contributed by atoms with Crippen LogP contribution in [0.15, 0.2) is 64.6 Å². The van der Waals surface area contributed by atoms with Crippen LogP contribution < -0.4 is 5.32 Å². The van der Waals surface area contributed by atoms with Crippen LogP contribution in [0.2, 0.25) is 0 Å². The van der Waals surface area contributed by atoms with Crippen LogP contribution >= 0.6 is 27.3 Å². The third-order valence-electron chi connectivity index (χ3n) is 4.52. The zero-order valence-corrected chi connectivity index (χ0v) is 16.5. The highest BCUT2D eigenvalue weighted by atomic mass is 79.9. The second-order valence-corrected chi connectivity index (χ2v) is 8.16. The SMILES string of the molecule is O=C(CN1CCc2sccc2C1c1ccccc1)Nc1ccc(Br)cn1. The van der Waals surface area contributed by atoms with E-state index in [0.717, 1.165) is 17.4 Å². The molecule has 0 saturated carbocycles. The number of carbonyl (C=O) groups excluding carboxylic acids is 1. The number of rotatable bonds is 4. The number of hydrogen-bond donors (Lipinski definition) is 1. The van der Waals surface area contributed by atoms with Crippen LogP contribution in [0.3, 0.4) is 0 Å². The van der Waals surface area contributed by atoms with E-state index >= 15 is 0 Å². The van der Waals surface area contributed by atoms with Crippen molar-refractivity contribution in [3.8, 4) is 0 Å². The summed E-state index contributed by atoms with van der Waals surface area (Å²) in [6, 6.07) is 16.4. The van der Waals surface area contributed by atoms with Gasteiger partial charge in [0.05, 0.1) is 12.6 Å². The molecule has 3 heterocycles. The third kappa shape index (κ3) is 3.72. The van der Waals surface area contributed by atoms with Crippen molar-refractivity contribution in [2.24, 2.45) is 0 Å². The minimum absolute atomic E-state index is 0.0422. The van der Waals surface area contributed by atoms with E-state index in [1.165, 1.54) is 16.0 Å². The number of halogens is 1. The average molecular weight is 428 g/mol. The van der Waals surface area contributed by atoms with Gasteiger partial charge in [-0.3, -0.25) is 9.69 Å². The first-order valence-corrected chi connectivity index (χ1v) is 10.1. The van der Waals surface area contributed by atoms with Crippen LogP contribution in [0.4, 0.5) is 5.82 Å². The maximum absolute atomic E-state index is 12.6. The van der Waals surface area contributed by atoms with Gasteiger partial charge in [-0.1, -0.05) is 30.3 Å². The Kier molecular flexibility index (Phi) is 5.15. The van der Waals surface area contributed by atoms with Gasteiger partial charge in [0.1, 0.15) is 5.82 Å². The average Bonchev–Trinajstić information content (AvgIpc) is 3.13. The van der Waals surface area contributed by atoms with E-state index in [9.17, 15) is 4.79 Å². The molecule has 3 aromatic rings. The van der Waals surface area contributed by atoms with Gasteiger partial charge in [0.15, 0.2) is 0 Å². The first-order chi connectivity index (χ1) is 12.7. The van der Waals surface area contributed by atoms with Crippen molar-refractivity contribution in [3.05, 3.63) is 80.6 Å². The predicted molar refractivity (Wildman–Crippen MR) is 108 cm³/mol. The van der Waals surface area contributed by atoms with Crippen LogP contribution in [0.1, 0.15) is 22.0 Å². The molecular formula is C20H18BrN3OS. The molecule has 0 fully saturated rings. The molecule has 0 saturated heterocycles. The minimum atomic E-state index is -0.0422. The molecule has 6 heteroatoms. The molecular weight excluding hydrogens is 410 g/mol. The topological polar surface area (TPSA) is 45.2 Å². The quantitative estimate of drug-likeness (QED) is 0.666. The molecule has 0 aliphatic carbocycles. The third-order valence-corrected chi connectivity index (χ3v) is 5.99. The molecule has 1 unspecified atom stereocenters. The van der Waals surface area contributed by atoms with Crippen molar-refractivity contribution >= 4 is 39.0 Å². The Balaban J connectivity index is 1.54. The summed E-state index contributed by atoms with van der Waals surface area (Å²) in [6.45, 7) is 1.21. The normalized spacial score (nSPS) is 16.9. The Labute approximate surface area is 165 Å². The summed E-state index contributed by atoms with van der Waals surface area (Å²) >= 11 is 5.16. The molecule has 4 rings (SSSR count). The van der Waals surface area contributed by atoms with E-state index in [1.807, 2.05) is 23.5 Å². The number of aromatic nitrogens is 1. The molecule has 0 spiro atoms. The van der Waals surface area contributed by atoms with Gasteiger partial charge in [0.25, 0.3) is 0 Å². The number of nitrogens with zero attached hydrogens (tertiary/aromatic N) is 2. The van der Waals surface area contributed by atoms with Gasteiger partial charge in [-0.2, -0.15) is 0 Å². The molecule has 1 atom stereocenters. The number of thiophene rings is 1.